The van der Waals surface area contributed by atoms with E-state index in [1.165, 1.54) is 16.9 Å². The van der Waals surface area contributed by atoms with Crippen molar-refractivity contribution in [2.24, 2.45) is 5.92 Å². The Labute approximate surface area is 420 Å². The zero-order valence-electron chi connectivity index (χ0n) is 42.5. The third-order valence-corrected chi connectivity index (χ3v) is 19.9. The van der Waals surface area contributed by atoms with E-state index in [2.05, 4.69) is 45.3 Å². The normalized spacial score (nSPS) is 27.6. The first-order chi connectivity index (χ1) is 31.8. The van der Waals surface area contributed by atoms with Crippen LogP contribution in [-0.2, 0) is 44.5 Å². The number of nitrogens with one attached hydrogen (secondary N) is 2. The van der Waals surface area contributed by atoms with Gasteiger partial charge in [0.05, 0.1) is 23.2 Å². The highest BCUT2D eigenvalue weighted by Gasteiger charge is 2.64. The van der Waals surface area contributed by atoms with Crippen molar-refractivity contribution in [2.75, 3.05) is 44.6 Å². The van der Waals surface area contributed by atoms with Gasteiger partial charge in [0, 0.05) is 63.4 Å². The van der Waals surface area contributed by atoms with Crippen LogP contribution in [0.3, 0.4) is 0 Å². The fourth-order valence-electron chi connectivity index (χ4n) is 8.53. The van der Waals surface area contributed by atoms with Gasteiger partial charge in [0.2, 0.25) is 17.7 Å². The van der Waals surface area contributed by atoms with E-state index in [1.807, 2.05) is 39.0 Å². The molecule has 0 aromatic heterocycles. The minimum Gasteiger partial charge on any atom is -0.457 e. The molecule has 4 bridgehead atoms. The molecule has 382 valence electrons. The Balaban J connectivity index is 1.43. The lowest BCUT2D eigenvalue weighted by atomic mass is 9.83. The van der Waals surface area contributed by atoms with Gasteiger partial charge in [-0.25, -0.2) is 9.59 Å². The number of ether oxygens (including phenoxy) is 4. The Bertz CT molecular complexity index is 2020. The third-order valence-electron chi connectivity index (χ3n) is 13.9. The number of hydrogen-bond donors (Lipinski definition) is 3. The molecule has 0 saturated carbocycles. The largest absolute Gasteiger partial charge is 0.457 e. The maximum atomic E-state index is 14.3. The van der Waals surface area contributed by atoms with Crippen LogP contribution in [0.2, 0.25) is 5.02 Å². The number of allylic oxidation sites excluding steroid dienone is 3. The monoisotopic (exact) mass is 1020 g/mol. The number of hydrogen-bond acceptors (Lipinski definition) is 12. The first kappa shape index (κ1) is 57.7. The summed E-state index contributed by atoms with van der Waals surface area (Å²) in [5, 5.41) is 18.2. The van der Waals surface area contributed by atoms with E-state index in [0.717, 1.165) is 63.0 Å². The molecule has 9 atom stereocenters. The van der Waals surface area contributed by atoms with Crippen LogP contribution in [0.5, 0.6) is 0 Å². The molecule has 18 heteroatoms. The highest BCUT2D eigenvalue weighted by Crippen LogP contribution is 2.49. The Morgan fingerprint density at radius 1 is 1.16 bits per heavy atom. The number of likely N-dealkylation sites (N-methyl/N-ethyl adjacent to an activating group) is 1. The van der Waals surface area contributed by atoms with Crippen molar-refractivity contribution in [1.29, 1.82) is 0 Å². The first-order valence-corrected chi connectivity index (χ1v) is 27.8. The predicted octanol–water partition coefficient (Wildman–Crippen LogP) is 8.91. The van der Waals surface area contributed by atoms with Gasteiger partial charge in [-0.1, -0.05) is 90.8 Å². The lowest BCUT2D eigenvalue weighted by molar-refractivity contribution is -0.162. The predicted molar refractivity (Wildman–Crippen MR) is 277 cm³/mol. The molecule has 3 aliphatic rings. The number of carbonyl (C=O) groups excluding carboxylic acids is 5. The average Bonchev–Trinajstić information content (AvgIpc) is 3.99. The Hall–Kier alpha value is -2.85. The van der Waals surface area contributed by atoms with E-state index < -0.39 is 65.7 Å². The first-order valence-electron chi connectivity index (χ1n) is 23.9. The SMILES string of the molecule is CCC(C)(CC)PCCNC(=O)CCCSSC(C)(C)CCC(=O)N(C)[C@@H](C)C(=O)O[C@H]1CC(=O)N(C)c2cc(cc(C)c2Cl)C/C(C)=C/C=C/[C@@H](OC)[C@@]2(O)C[C@H](OC(=O)N2)[C@@H](C)[C@@H]2O[C@@]12C. The number of anilines is 1. The van der Waals surface area contributed by atoms with Crippen LogP contribution in [0.15, 0.2) is 35.9 Å². The number of epoxide rings is 1. The average molecular weight is 1030 g/mol. The molecule has 0 aliphatic carbocycles. The van der Waals surface area contributed by atoms with Crippen LogP contribution in [0.4, 0.5) is 10.5 Å². The number of alkyl carbamates (subject to hydrolysis) is 1. The van der Waals surface area contributed by atoms with Crippen LogP contribution in [0, 0.1) is 12.8 Å². The smallest absolute Gasteiger partial charge is 0.409 e. The molecule has 1 aromatic carbocycles. The summed E-state index contributed by atoms with van der Waals surface area (Å²) < 4.78 is 23.7. The number of rotatable bonds is 19. The van der Waals surface area contributed by atoms with Crippen LogP contribution < -0.4 is 15.5 Å². The molecule has 4 rings (SSSR count). The molecule has 1 unspecified atom stereocenters. The lowest BCUT2D eigenvalue weighted by Crippen LogP contribution is -2.63. The molecule has 0 spiro atoms. The summed E-state index contributed by atoms with van der Waals surface area (Å²) in [6.07, 6.45) is 6.41. The number of methoxy groups -OCH3 is 1. The number of benzene rings is 1. The highest BCUT2D eigenvalue weighted by molar-refractivity contribution is 8.77. The van der Waals surface area contributed by atoms with Gasteiger partial charge in [-0.15, -0.1) is 8.58 Å². The van der Waals surface area contributed by atoms with Crippen molar-refractivity contribution in [2.45, 2.75) is 179 Å². The maximum absolute atomic E-state index is 14.3. The quantitative estimate of drug-likeness (QED) is 0.0395. The van der Waals surface area contributed by atoms with Gasteiger partial charge in [-0.2, -0.15) is 0 Å². The summed E-state index contributed by atoms with van der Waals surface area (Å²) in [4.78, 5) is 70.3. The fourth-order valence-corrected chi connectivity index (χ4v) is 12.8. The molecule has 0 radical (unpaired) electrons. The van der Waals surface area contributed by atoms with E-state index in [1.54, 1.807) is 61.7 Å². The standard InChI is InChI=1S/C50H78ClN4O10PS2/c1-14-48(9,15-2)66-24-23-52-40(56)20-17-25-67-68-47(7,8)22-21-41(57)54(11)34(6)45(59)64-39-29-42(58)55(12)36-28-35(27-32(4)43(36)51)26-31(3)18-16-19-38(62-13)50(61)30-37(63-46(60)53-50)33(5)44-49(39,10)65-44/h16,18-19,27-28,33-34,37-39,44,61,66H,14-15,17,20-26,29-30H2,1-13H3,(H,52,56)(H,53,60)/b19-16+,31-18+/t33-,34+,37+,38-,39+,44+,49+,50+/m1/s1. The van der Waals surface area contributed by atoms with Gasteiger partial charge in [0.1, 0.15) is 30.0 Å². The molecule has 3 aliphatic heterocycles. The van der Waals surface area contributed by atoms with E-state index in [4.69, 9.17) is 30.5 Å². The number of amides is 4. The van der Waals surface area contributed by atoms with Gasteiger partial charge < -0.3 is 39.2 Å². The summed E-state index contributed by atoms with van der Waals surface area (Å²) in [6, 6.07) is 2.82. The molecule has 2 saturated heterocycles. The van der Waals surface area contributed by atoms with Crippen molar-refractivity contribution in [3.63, 3.8) is 0 Å². The number of halogens is 1. The van der Waals surface area contributed by atoms with E-state index in [0.29, 0.717) is 35.1 Å². The van der Waals surface area contributed by atoms with Crippen molar-refractivity contribution < 1.29 is 48.0 Å². The molecule has 2 fully saturated rings. The summed E-state index contributed by atoms with van der Waals surface area (Å²) in [5.41, 5.74) is 0.101. The highest BCUT2D eigenvalue weighted by atomic mass is 35.5. The van der Waals surface area contributed by atoms with Crippen molar-refractivity contribution >= 4 is 77.2 Å². The molecule has 4 amide bonds. The molecular formula is C50H78ClN4O10PS2. The molecule has 3 heterocycles. The number of carbonyl (C=O) groups is 5. The number of nitrogens with zero attached hydrogens (tertiary/aromatic N) is 2. The Kier molecular flexibility index (Phi) is 21.2. The molecule has 1 aromatic rings. The van der Waals surface area contributed by atoms with Crippen LogP contribution in [-0.4, -0.2) is 131 Å². The van der Waals surface area contributed by atoms with Crippen molar-refractivity contribution in [1.82, 2.24) is 15.5 Å². The summed E-state index contributed by atoms with van der Waals surface area (Å²) in [7, 11) is 8.85. The van der Waals surface area contributed by atoms with Crippen LogP contribution in [0.25, 0.3) is 0 Å². The van der Waals surface area contributed by atoms with Gasteiger partial charge in [-0.3, -0.25) is 19.7 Å². The number of aliphatic hydroxyl groups is 1. The topological polar surface area (TPSA) is 176 Å². The molecular weight excluding hydrogens is 947 g/mol. The molecule has 14 nitrogen and oxygen atoms in total. The van der Waals surface area contributed by atoms with Gasteiger partial charge in [0.25, 0.3) is 0 Å². The van der Waals surface area contributed by atoms with Gasteiger partial charge in [0.15, 0.2) is 5.72 Å². The third kappa shape index (κ3) is 15.6. The van der Waals surface area contributed by atoms with Gasteiger partial charge >= 0.3 is 12.1 Å². The minimum absolute atomic E-state index is 0.0493. The maximum Gasteiger partial charge on any atom is 0.409 e. The molecule has 3 N–H and O–H groups in total. The lowest BCUT2D eigenvalue weighted by Gasteiger charge is -2.42. The second kappa shape index (κ2) is 25.0. The fraction of sp³-hybridized carbons (Fsp3) is 0.700. The van der Waals surface area contributed by atoms with E-state index >= 15 is 0 Å². The zero-order valence-corrected chi connectivity index (χ0v) is 45.9. The summed E-state index contributed by atoms with van der Waals surface area (Å²) in [6.45, 7) is 20.6. The second-order valence-electron chi connectivity index (χ2n) is 19.8. The zero-order chi connectivity index (χ0) is 50.8. The summed E-state index contributed by atoms with van der Waals surface area (Å²) >= 11 is 6.84. The van der Waals surface area contributed by atoms with Gasteiger partial charge in [-0.05, 0) is 102 Å². The Morgan fingerprint density at radius 3 is 2.51 bits per heavy atom. The summed E-state index contributed by atoms with van der Waals surface area (Å²) in [5.74, 6) is -0.985. The van der Waals surface area contributed by atoms with Crippen LogP contribution >= 0.6 is 41.8 Å². The van der Waals surface area contributed by atoms with E-state index in [-0.39, 0.29) is 35.8 Å². The van der Waals surface area contributed by atoms with Crippen molar-refractivity contribution in [3.05, 3.63) is 52.1 Å². The van der Waals surface area contributed by atoms with Crippen LogP contribution in [0.1, 0.15) is 125 Å². The number of aryl methyl sites for hydroxylation is 1. The number of fused-ring (bicyclic) bond motifs is 5. The number of esters is 1. The Morgan fingerprint density at radius 2 is 1.85 bits per heavy atom. The molecule has 68 heavy (non-hydrogen) atoms. The second-order valence-corrected chi connectivity index (χ2v) is 25.4. The van der Waals surface area contributed by atoms with Crippen molar-refractivity contribution in [3.8, 4) is 0 Å². The minimum atomic E-state index is -1.83. The van der Waals surface area contributed by atoms with E-state index in [9.17, 15) is 29.1 Å².